The molecule has 202 valence electrons. The summed E-state index contributed by atoms with van der Waals surface area (Å²) in [6.45, 7) is 14.2. The van der Waals surface area contributed by atoms with E-state index in [1.54, 1.807) is 6.07 Å². The average Bonchev–Trinajstić information content (AvgIpc) is 3.19. The molecule has 9 nitrogen and oxygen atoms in total. The van der Waals surface area contributed by atoms with Gasteiger partial charge in [-0.1, -0.05) is 50.6 Å². The Morgan fingerprint density at radius 2 is 2.03 bits per heavy atom. The maximum Gasteiger partial charge on any atom is 0.264 e. The van der Waals surface area contributed by atoms with Gasteiger partial charge in [-0.2, -0.15) is 0 Å². The lowest BCUT2D eigenvalue weighted by Gasteiger charge is -2.23. The standard InChI is InChI=1S/C27H39N5O4S/c1-19-8-6-9-20(14-19)16-29-26(28-5)31-37(35,36)22-11-7-10-21(15-22)25(34)30-23-17-32(18-24(23)33)13-12-27(2,3)4/h6-11,15,20,23-24,33H,5,12-14,16-18H2,1-4H3,(H,29,31)(H,30,34)/t20?,23-,24-/m1/s1. The molecule has 3 N–H and O–H groups in total. The Bertz CT molecular complexity index is 1180. The quantitative estimate of drug-likeness (QED) is 0.353. The van der Waals surface area contributed by atoms with E-state index in [1.807, 2.05) is 25.2 Å². The summed E-state index contributed by atoms with van der Waals surface area (Å²) >= 11 is 0. The fourth-order valence-corrected chi connectivity index (χ4v) is 5.32. The third-order valence-electron chi connectivity index (χ3n) is 6.46. The van der Waals surface area contributed by atoms with E-state index in [4.69, 9.17) is 0 Å². The Kier molecular flexibility index (Phi) is 9.44. The Morgan fingerprint density at radius 3 is 2.70 bits per heavy atom. The number of aliphatic imine (C=N–C) groups is 2. The molecule has 1 fully saturated rings. The van der Waals surface area contributed by atoms with Crippen LogP contribution in [-0.4, -0.2) is 75.3 Å². The smallest absolute Gasteiger partial charge is 0.264 e. The molecule has 0 bridgehead atoms. The van der Waals surface area contributed by atoms with Crippen LogP contribution in [0, 0.1) is 11.3 Å². The number of rotatable bonds is 8. The summed E-state index contributed by atoms with van der Waals surface area (Å²) in [4.78, 5) is 23.0. The normalized spacial score (nSPS) is 23.0. The van der Waals surface area contributed by atoms with Gasteiger partial charge in [-0.25, -0.2) is 23.1 Å². The maximum absolute atomic E-state index is 13.0. The van der Waals surface area contributed by atoms with Crippen molar-refractivity contribution in [2.24, 2.45) is 21.3 Å². The number of amides is 1. The SMILES string of the molecule is C=NC(=NCC1C=CC=C(C)C1)NS(=O)(=O)c1cccc(C(=O)N[C@@H]2CN(CCC(C)(C)C)C[C@H]2O)c1. The topological polar surface area (TPSA) is 123 Å². The van der Waals surface area contributed by atoms with E-state index in [0.717, 1.165) is 19.4 Å². The number of carbonyl (C=O) groups is 1. The lowest BCUT2D eigenvalue weighted by Crippen LogP contribution is -2.43. The molecule has 0 radical (unpaired) electrons. The lowest BCUT2D eigenvalue weighted by atomic mass is 9.92. The van der Waals surface area contributed by atoms with Crippen molar-refractivity contribution in [3.05, 3.63) is 53.6 Å². The zero-order valence-electron chi connectivity index (χ0n) is 22.1. The number of nitrogens with zero attached hydrogens (tertiary/aromatic N) is 3. The third kappa shape index (κ3) is 8.62. The minimum absolute atomic E-state index is 0.0911. The van der Waals surface area contributed by atoms with Gasteiger partial charge in [0, 0.05) is 31.1 Å². The summed E-state index contributed by atoms with van der Waals surface area (Å²) < 4.78 is 28.3. The number of hydrogen-bond donors (Lipinski definition) is 3. The fourth-order valence-electron chi connectivity index (χ4n) is 4.29. The Balaban J connectivity index is 1.63. The van der Waals surface area contributed by atoms with Crippen molar-refractivity contribution < 1.29 is 18.3 Å². The van der Waals surface area contributed by atoms with E-state index in [2.05, 4.69) is 52.4 Å². The molecule has 1 heterocycles. The monoisotopic (exact) mass is 529 g/mol. The summed E-state index contributed by atoms with van der Waals surface area (Å²) in [6.07, 6.45) is 7.17. The van der Waals surface area contributed by atoms with Gasteiger partial charge in [0.1, 0.15) is 0 Å². The van der Waals surface area contributed by atoms with Crippen LogP contribution in [0.5, 0.6) is 0 Å². The van der Waals surface area contributed by atoms with E-state index in [-0.39, 0.29) is 27.8 Å². The molecular weight excluding hydrogens is 490 g/mol. The molecule has 0 aromatic heterocycles. The summed E-state index contributed by atoms with van der Waals surface area (Å²) in [5, 5.41) is 13.3. The molecule has 1 aromatic rings. The van der Waals surface area contributed by atoms with Crippen molar-refractivity contribution in [3.8, 4) is 0 Å². The number of aliphatic hydroxyl groups is 1. The number of guanidine groups is 1. The number of β-amino-alcohol motifs (C(OH)–C–C–N with tert-alkyl or cyclic N) is 1. The number of aliphatic hydroxyl groups excluding tert-OH is 1. The van der Waals surface area contributed by atoms with Crippen LogP contribution in [0.2, 0.25) is 0 Å². The highest BCUT2D eigenvalue weighted by Crippen LogP contribution is 2.21. The number of benzene rings is 1. The maximum atomic E-state index is 13.0. The largest absolute Gasteiger partial charge is 0.390 e. The van der Waals surface area contributed by atoms with Gasteiger partial charge in [0.25, 0.3) is 15.9 Å². The van der Waals surface area contributed by atoms with Gasteiger partial charge in [0.2, 0.25) is 5.96 Å². The van der Waals surface area contributed by atoms with Crippen LogP contribution in [0.15, 0.2) is 62.9 Å². The highest BCUT2D eigenvalue weighted by Gasteiger charge is 2.33. The predicted molar refractivity (Wildman–Crippen MR) is 147 cm³/mol. The molecule has 37 heavy (non-hydrogen) atoms. The first-order chi connectivity index (χ1) is 17.4. The summed E-state index contributed by atoms with van der Waals surface area (Å²) in [5.41, 5.74) is 1.60. The van der Waals surface area contributed by atoms with E-state index in [0.29, 0.717) is 19.6 Å². The van der Waals surface area contributed by atoms with Crippen molar-refractivity contribution in [2.75, 3.05) is 26.2 Å². The molecular formula is C27H39N5O4S. The molecule has 1 saturated heterocycles. The Hall–Kier alpha value is -2.82. The molecule has 2 aliphatic rings. The fraction of sp³-hybridized carbons (Fsp3) is 0.519. The first-order valence-electron chi connectivity index (χ1n) is 12.6. The highest BCUT2D eigenvalue weighted by atomic mass is 32.2. The number of nitrogens with one attached hydrogen (secondary N) is 2. The van der Waals surface area contributed by atoms with Crippen LogP contribution in [0.1, 0.15) is 50.9 Å². The van der Waals surface area contributed by atoms with Gasteiger partial charge in [0.05, 0.1) is 17.0 Å². The molecule has 1 aromatic carbocycles. The minimum atomic E-state index is -4.04. The molecule has 1 aliphatic heterocycles. The average molecular weight is 530 g/mol. The van der Waals surface area contributed by atoms with Crippen LogP contribution < -0.4 is 10.0 Å². The molecule has 0 saturated carbocycles. The molecule has 3 rings (SSSR count). The van der Waals surface area contributed by atoms with Crippen molar-refractivity contribution in [1.82, 2.24) is 14.9 Å². The van der Waals surface area contributed by atoms with Crippen LogP contribution >= 0.6 is 0 Å². The number of allylic oxidation sites excluding steroid dienone is 3. The van der Waals surface area contributed by atoms with Crippen LogP contribution in [0.3, 0.4) is 0 Å². The lowest BCUT2D eigenvalue weighted by molar-refractivity contribution is 0.0888. The summed E-state index contributed by atoms with van der Waals surface area (Å²) in [7, 11) is -4.04. The van der Waals surface area contributed by atoms with Crippen molar-refractivity contribution in [2.45, 2.75) is 57.6 Å². The molecule has 1 unspecified atom stereocenters. The van der Waals surface area contributed by atoms with Crippen LogP contribution in [-0.2, 0) is 10.0 Å². The van der Waals surface area contributed by atoms with Gasteiger partial charge >= 0.3 is 0 Å². The molecule has 1 aliphatic carbocycles. The number of likely N-dealkylation sites (tertiary alicyclic amines) is 1. The van der Waals surface area contributed by atoms with Gasteiger partial charge in [-0.05, 0) is 56.6 Å². The second-order valence-electron chi connectivity index (χ2n) is 11.0. The zero-order valence-corrected chi connectivity index (χ0v) is 23.0. The van der Waals surface area contributed by atoms with Crippen molar-refractivity contribution >= 4 is 28.6 Å². The predicted octanol–water partition coefficient (Wildman–Crippen LogP) is 2.76. The number of carbonyl (C=O) groups excluding carboxylic acids is 1. The van der Waals surface area contributed by atoms with Gasteiger partial charge in [-0.3, -0.25) is 9.69 Å². The Morgan fingerprint density at radius 1 is 1.27 bits per heavy atom. The third-order valence-corrected chi connectivity index (χ3v) is 7.79. The molecule has 3 atom stereocenters. The van der Waals surface area contributed by atoms with E-state index in [9.17, 15) is 18.3 Å². The van der Waals surface area contributed by atoms with E-state index in [1.165, 1.54) is 23.8 Å². The summed E-state index contributed by atoms with van der Waals surface area (Å²) in [5.74, 6) is -0.379. The first-order valence-corrected chi connectivity index (χ1v) is 14.0. The van der Waals surface area contributed by atoms with Crippen molar-refractivity contribution in [1.29, 1.82) is 0 Å². The van der Waals surface area contributed by atoms with E-state index < -0.39 is 28.1 Å². The second kappa shape index (κ2) is 12.1. The zero-order chi connectivity index (χ0) is 27.2. The number of hydrogen-bond acceptors (Lipinski definition) is 6. The first kappa shape index (κ1) is 28.7. The van der Waals surface area contributed by atoms with E-state index >= 15 is 0 Å². The second-order valence-corrected chi connectivity index (χ2v) is 12.7. The molecule has 0 spiro atoms. The Labute approximate surface area is 220 Å². The van der Waals surface area contributed by atoms with Gasteiger partial charge in [-0.15, -0.1) is 0 Å². The minimum Gasteiger partial charge on any atom is -0.390 e. The highest BCUT2D eigenvalue weighted by molar-refractivity contribution is 7.90. The number of sulfonamides is 1. The van der Waals surface area contributed by atoms with Gasteiger partial charge in [0.15, 0.2) is 0 Å². The van der Waals surface area contributed by atoms with Crippen molar-refractivity contribution in [3.63, 3.8) is 0 Å². The molecule has 1 amide bonds. The summed E-state index contributed by atoms with van der Waals surface area (Å²) in [6, 6.07) is 5.32. The van der Waals surface area contributed by atoms with Crippen LogP contribution in [0.4, 0.5) is 0 Å². The van der Waals surface area contributed by atoms with Gasteiger partial charge < -0.3 is 10.4 Å². The van der Waals surface area contributed by atoms with Crippen LogP contribution in [0.25, 0.3) is 0 Å². The molecule has 10 heteroatoms.